The first-order valence-electron chi connectivity index (χ1n) is 9.92. The van der Waals surface area contributed by atoms with E-state index in [1.807, 2.05) is 31.2 Å². The van der Waals surface area contributed by atoms with E-state index in [9.17, 15) is 4.79 Å². The van der Waals surface area contributed by atoms with Crippen molar-refractivity contribution in [2.45, 2.75) is 39.8 Å². The molecule has 2 aromatic carbocycles. The van der Waals surface area contributed by atoms with Crippen molar-refractivity contribution in [3.8, 4) is 5.75 Å². The van der Waals surface area contributed by atoms with E-state index >= 15 is 0 Å². The summed E-state index contributed by atoms with van der Waals surface area (Å²) in [7, 11) is 0. The Balaban J connectivity index is 1.42. The van der Waals surface area contributed by atoms with E-state index in [2.05, 4.69) is 41.4 Å². The summed E-state index contributed by atoms with van der Waals surface area (Å²) in [5.41, 5.74) is 3.83. The Hall–Kier alpha value is -2.33. The van der Waals surface area contributed by atoms with E-state index < -0.39 is 0 Å². The van der Waals surface area contributed by atoms with Gasteiger partial charge in [0.1, 0.15) is 5.75 Å². The normalized spacial score (nSPS) is 15.5. The van der Waals surface area contributed by atoms with Gasteiger partial charge in [-0.2, -0.15) is 0 Å². The second-order valence-corrected chi connectivity index (χ2v) is 7.27. The van der Waals surface area contributed by atoms with Gasteiger partial charge in [-0.05, 0) is 68.6 Å². The molecular weight excluding hydrogens is 336 g/mol. The Bertz CT molecular complexity index is 734. The lowest BCUT2D eigenvalue weighted by Crippen LogP contribution is -2.40. The number of amides is 1. The molecule has 1 aliphatic heterocycles. The van der Waals surface area contributed by atoms with Crippen molar-refractivity contribution >= 4 is 5.91 Å². The molecule has 0 saturated carbocycles. The second-order valence-electron chi connectivity index (χ2n) is 7.27. The number of aryl methyl sites for hydroxylation is 1. The van der Waals surface area contributed by atoms with Crippen LogP contribution in [-0.2, 0) is 17.9 Å². The van der Waals surface area contributed by atoms with Crippen LogP contribution in [-0.4, -0.2) is 30.5 Å². The molecule has 1 saturated heterocycles. The molecule has 0 aliphatic carbocycles. The molecule has 1 aliphatic rings. The van der Waals surface area contributed by atoms with E-state index in [1.165, 1.54) is 11.1 Å². The molecule has 0 aromatic heterocycles. The van der Waals surface area contributed by atoms with Gasteiger partial charge in [-0.15, -0.1) is 0 Å². The third-order valence-electron chi connectivity index (χ3n) is 5.31. The van der Waals surface area contributed by atoms with Crippen molar-refractivity contribution in [2.24, 2.45) is 5.92 Å². The number of hydrogen-bond acceptors (Lipinski definition) is 3. The number of benzene rings is 2. The quantitative estimate of drug-likeness (QED) is 0.807. The van der Waals surface area contributed by atoms with E-state index in [0.717, 1.165) is 43.8 Å². The van der Waals surface area contributed by atoms with Gasteiger partial charge in [-0.25, -0.2) is 0 Å². The number of likely N-dealkylation sites (tertiary alicyclic amines) is 1. The summed E-state index contributed by atoms with van der Waals surface area (Å²) < 4.78 is 5.45. The lowest BCUT2D eigenvalue weighted by Gasteiger charge is -2.31. The van der Waals surface area contributed by atoms with Crippen molar-refractivity contribution in [1.29, 1.82) is 0 Å². The lowest BCUT2D eigenvalue weighted by molar-refractivity contribution is -0.126. The predicted octanol–water partition coefficient (Wildman–Crippen LogP) is 3.92. The minimum atomic E-state index is 0.126. The van der Waals surface area contributed by atoms with Gasteiger partial charge in [0.05, 0.1) is 6.61 Å². The van der Waals surface area contributed by atoms with Crippen molar-refractivity contribution in [3.05, 3.63) is 65.2 Å². The Morgan fingerprint density at radius 2 is 1.81 bits per heavy atom. The van der Waals surface area contributed by atoms with Crippen molar-refractivity contribution in [2.75, 3.05) is 19.7 Å². The first-order valence-corrected chi connectivity index (χ1v) is 9.92. The zero-order chi connectivity index (χ0) is 19.1. The highest BCUT2D eigenvalue weighted by Gasteiger charge is 2.24. The Morgan fingerprint density at radius 1 is 1.11 bits per heavy atom. The number of carbonyl (C=O) groups excluding carboxylic acids is 1. The molecule has 4 heteroatoms. The smallest absolute Gasteiger partial charge is 0.223 e. The summed E-state index contributed by atoms with van der Waals surface area (Å²) in [6, 6.07) is 16.5. The molecule has 1 N–H and O–H groups in total. The highest BCUT2D eigenvalue weighted by atomic mass is 16.5. The number of nitrogens with one attached hydrogen (secondary N) is 1. The molecule has 144 valence electrons. The van der Waals surface area contributed by atoms with Gasteiger partial charge in [-0.1, -0.05) is 36.4 Å². The summed E-state index contributed by atoms with van der Waals surface area (Å²) >= 11 is 0. The fourth-order valence-electron chi connectivity index (χ4n) is 3.59. The van der Waals surface area contributed by atoms with Crippen LogP contribution in [0.25, 0.3) is 0 Å². The maximum Gasteiger partial charge on any atom is 0.223 e. The summed E-state index contributed by atoms with van der Waals surface area (Å²) in [5.74, 6) is 1.17. The van der Waals surface area contributed by atoms with Crippen LogP contribution < -0.4 is 10.1 Å². The number of rotatable bonds is 7. The number of nitrogens with zero attached hydrogens (tertiary/aromatic N) is 1. The average Bonchev–Trinajstić information content (AvgIpc) is 2.70. The Morgan fingerprint density at radius 3 is 2.48 bits per heavy atom. The van der Waals surface area contributed by atoms with E-state index in [1.54, 1.807) is 0 Å². The minimum Gasteiger partial charge on any atom is -0.494 e. The Labute approximate surface area is 162 Å². The van der Waals surface area contributed by atoms with Gasteiger partial charge >= 0.3 is 0 Å². The largest absolute Gasteiger partial charge is 0.494 e. The van der Waals surface area contributed by atoms with Crippen LogP contribution in [0.2, 0.25) is 0 Å². The molecule has 4 nitrogen and oxygen atoms in total. The third-order valence-corrected chi connectivity index (χ3v) is 5.31. The van der Waals surface area contributed by atoms with E-state index in [0.29, 0.717) is 13.2 Å². The second kappa shape index (κ2) is 9.56. The number of hydrogen-bond donors (Lipinski definition) is 1. The maximum absolute atomic E-state index is 12.5. The van der Waals surface area contributed by atoms with Crippen LogP contribution >= 0.6 is 0 Å². The highest BCUT2D eigenvalue weighted by molar-refractivity contribution is 5.78. The first kappa shape index (κ1) is 19.4. The summed E-state index contributed by atoms with van der Waals surface area (Å²) in [6.07, 6.45) is 1.86. The molecule has 0 bridgehead atoms. The van der Waals surface area contributed by atoms with Crippen LogP contribution in [0, 0.1) is 12.8 Å². The molecule has 1 heterocycles. The number of ether oxygens (including phenoxy) is 1. The maximum atomic E-state index is 12.5. The van der Waals surface area contributed by atoms with Crippen molar-refractivity contribution in [3.63, 3.8) is 0 Å². The first-order chi connectivity index (χ1) is 13.2. The van der Waals surface area contributed by atoms with Crippen LogP contribution in [0.15, 0.2) is 48.5 Å². The van der Waals surface area contributed by atoms with Gasteiger partial charge in [-0.3, -0.25) is 9.69 Å². The predicted molar refractivity (Wildman–Crippen MR) is 109 cm³/mol. The molecule has 2 aromatic rings. The Kier molecular flexibility index (Phi) is 6.88. The van der Waals surface area contributed by atoms with Gasteiger partial charge in [0.15, 0.2) is 0 Å². The molecular formula is C23H30N2O2. The lowest BCUT2D eigenvalue weighted by atomic mass is 9.95. The number of piperidine rings is 1. The molecule has 0 radical (unpaired) electrons. The molecule has 3 rings (SSSR count). The molecule has 0 atom stereocenters. The summed E-state index contributed by atoms with van der Waals surface area (Å²) in [4.78, 5) is 15.0. The molecule has 27 heavy (non-hydrogen) atoms. The van der Waals surface area contributed by atoms with E-state index in [4.69, 9.17) is 4.74 Å². The third kappa shape index (κ3) is 5.57. The fourth-order valence-corrected chi connectivity index (χ4v) is 3.59. The zero-order valence-electron chi connectivity index (χ0n) is 16.4. The molecule has 0 spiro atoms. The summed E-state index contributed by atoms with van der Waals surface area (Å²) in [5, 5.41) is 3.10. The van der Waals surface area contributed by atoms with E-state index in [-0.39, 0.29) is 11.8 Å². The molecule has 1 fully saturated rings. The van der Waals surface area contributed by atoms with Crippen LogP contribution in [0.5, 0.6) is 5.75 Å². The van der Waals surface area contributed by atoms with Gasteiger partial charge in [0.2, 0.25) is 5.91 Å². The van der Waals surface area contributed by atoms with Gasteiger partial charge in [0, 0.05) is 19.0 Å². The van der Waals surface area contributed by atoms with Crippen LogP contribution in [0.1, 0.15) is 36.5 Å². The van der Waals surface area contributed by atoms with Crippen LogP contribution in [0.4, 0.5) is 0 Å². The van der Waals surface area contributed by atoms with Crippen molar-refractivity contribution < 1.29 is 9.53 Å². The SMILES string of the molecule is CCOc1ccc(CNC(=O)C2CCN(Cc3ccccc3C)CC2)cc1. The zero-order valence-corrected chi connectivity index (χ0v) is 16.4. The summed E-state index contributed by atoms with van der Waals surface area (Å²) in [6.45, 7) is 8.32. The standard InChI is InChI=1S/C23H30N2O2/c1-3-27-22-10-8-19(9-11-22)16-24-23(26)20-12-14-25(15-13-20)17-21-7-5-4-6-18(21)2/h4-11,20H,3,12-17H2,1-2H3,(H,24,26). The highest BCUT2D eigenvalue weighted by Crippen LogP contribution is 2.20. The van der Waals surface area contributed by atoms with Crippen molar-refractivity contribution in [1.82, 2.24) is 10.2 Å². The number of carbonyl (C=O) groups is 1. The van der Waals surface area contributed by atoms with Crippen LogP contribution in [0.3, 0.4) is 0 Å². The average molecular weight is 367 g/mol. The van der Waals surface area contributed by atoms with Gasteiger partial charge < -0.3 is 10.1 Å². The fraction of sp³-hybridized carbons (Fsp3) is 0.435. The topological polar surface area (TPSA) is 41.6 Å². The minimum absolute atomic E-state index is 0.126. The van der Waals surface area contributed by atoms with Gasteiger partial charge in [0.25, 0.3) is 0 Å². The monoisotopic (exact) mass is 366 g/mol. The molecule has 0 unspecified atom stereocenters. The molecule has 1 amide bonds.